The molecule has 1 aliphatic carbocycles. The normalized spacial score (nSPS) is 19.1. The highest BCUT2D eigenvalue weighted by atomic mass is 16.5. The van der Waals surface area contributed by atoms with Crippen LogP contribution in [-0.4, -0.2) is 61.3 Å². The summed E-state index contributed by atoms with van der Waals surface area (Å²) < 4.78 is 11.3. The molecular formula is C21H28N4O2. The van der Waals surface area contributed by atoms with Gasteiger partial charge in [-0.1, -0.05) is 12.1 Å². The summed E-state index contributed by atoms with van der Waals surface area (Å²) in [6.07, 6.45) is 7.86. The third-order valence-corrected chi connectivity index (χ3v) is 5.52. The molecule has 0 N–H and O–H groups in total. The van der Waals surface area contributed by atoms with E-state index in [-0.39, 0.29) is 0 Å². The van der Waals surface area contributed by atoms with E-state index >= 15 is 0 Å². The van der Waals surface area contributed by atoms with Crippen LogP contribution in [0.15, 0.2) is 42.9 Å². The van der Waals surface area contributed by atoms with E-state index in [0.717, 1.165) is 56.5 Å². The van der Waals surface area contributed by atoms with Crippen LogP contribution in [0.25, 0.3) is 0 Å². The van der Waals surface area contributed by atoms with Gasteiger partial charge in [-0.3, -0.25) is 9.88 Å². The quantitative estimate of drug-likeness (QED) is 0.714. The first-order chi connectivity index (χ1) is 13.3. The molecule has 27 heavy (non-hydrogen) atoms. The molecule has 1 saturated carbocycles. The first kappa shape index (κ1) is 18.2. The van der Waals surface area contributed by atoms with Crippen molar-refractivity contribution in [2.45, 2.75) is 19.4 Å². The summed E-state index contributed by atoms with van der Waals surface area (Å²) in [6, 6.07) is 8.23. The topological polar surface area (TPSA) is 50.7 Å². The van der Waals surface area contributed by atoms with Crippen molar-refractivity contribution < 1.29 is 9.47 Å². The molecular weight excluding hydrogens is 340 g/mol. The van der Waals surface area contributed by atoms with Crippen LogP contribution in [0.2, 0.25) is 0 Å². The first-order valence-corrected chi connectivity index (χ1v) is 9.70. The molecule has 0 spiro atoms. The van der Waals surface area contributed by atoms with Crippen molar-refractivity contribution in [3.8, 4) is 5.75 Å². The molecule has 4 rings (SSSR count). The standard InChI is InChI=1S/C21H28N4O2/c1-26-15-18-3-2-4-19(13-18)27-17-21(5-6-21)16-24-9-11-25(12-10-24)20-14-22-7-8-23-20/h2-4,7-8,13-14H,5-6,9-12,15-17H2,1H3. The minimum atomic E-state index is 0.325. The van der Waals surface area contributed by atoms with E-state index in [9.17, 15) is 0 Å². The highest BCUT2D eigenvalue weighted by molar-refractivity contribution is 5.35. The van der Waals surface area contributed by atoms with Crippen LogP contribution in [0, 0.1) is 5.41 Å². The molecule has 2 heterocycles. The number of hydrogen-bond donors (Lipinski definition) is 0. The van der Waals surface area contributed by atoms with Gasteiger partial charge in [0.05, 0.1) is 19.4 Å². The van der Waals surface area contributed by atoms with Gasteiger partial charge in [0.25, 0.3) is 0 Å². The van der Waals surface area contributed by atoms with Gasteiger partial charge in [0.2, 0.25) is 0 Å². The number of aromatic nitrogens is 2. The van der Waals surface area contributed by atoms with Gasteiger partial charge < -0.3 is 14.4 Å². The summed E-state index contributed by atoms with van der Waals surface area (Å²) in [5, 5.41) is 0. The predicted octanol–water partition coefficient (Wildman–Crippen LogP) is 2.60. The molecule has 144 valence electrons. The van der Waals surface area contributed by atoms with Crippen LogP contribution in [-0.2, 0) is 11.3 Å². The Morgan fingerprint density at radius 2 is 1.96 bits per heavy atom. The smallest absolute Gasteiger partial charge is 0.147 e. The van der Waals surface area contributed by atoms with Crippen molar-refractivity contribution in [3.05, 3.63) is 48.4 Å². The first-order valence-electron chi connectivity index (χ1n) is 9.70. The molecule has 0 amide bonds. The van der Waals surface area contributed by atoms with Crippen molar-refractivity contribution in [1.29, 1.82) is 0 Å². The summed E-state index contributed by atoms with van der Waals surface area (Å²) in [6.45, 7) is 6.71. The Bertz CT molecular complexity index is 728. The molecule has 0 bridgehead atoms. The Hall–Kier alpha value is -2.18. The molecule has 1 aromatic heterocycles. The summed E-state index contributed by atoms with van der Waals surface area (Å²) in [5.74, 6) is 1.93. The van der Waals surface area contributed by atoms with E-state index in [1.807, 2.05) is 18.3 Å². The fourth-order valence-corrected chi connectivity index (χ4v) is 3.72. The third kappa shape index (κ3) is 4.76. The van der Waals surface area contributed by atoms with E-state index in [0.29, 0.717) is 12.0 Å². The van der Waals surface area contributed by atoms with Crippen LogP contribution in [0.5, 0.6) is 5.75 Å². The van der Waals surface area contributed by atoms with Gasteiger partial charge in [-0.15, -0.1) is 0 Å². The zero-order chi connectivity index (χ0) is 18.5. The SMILES string of the molecule is COCc1cccc(OCC2(CN3CCN(c4cnccn4)CC3)CC2)c1. The number of methoxy groups -OCH3 is 1. The van der Waals surface area contributed by atoms with Crippen LogP contribution < -0.4 is 9.64 Å². The Labute approximate surface area is 161 Å². The molecule has 2 aliphatic rings. The Kier molecular flexibility index (Phi) is 5.55. The summed E-state index contributed by atoms with van der Waals surface area (Å²) in [5.41, 5.74) is 1.48. The van der Waals surface area contributed by atoms with Crippen molar-refractivity contribution in [3.63, 3.8) is 0 Å². The van der Waals surface area contributed by atoms with Gasteiger partial charge >= 0.3 is 0 Å². The van der Waals surface area contributed by atoms with Crippen LogP contribution >= 0.6 is 0 Å². The third-order valence-electron chi connectivity index (χ3n) is 5.52. The van der Waals surface area contributed by atoms with Gasteiger partial charge in [-0.2, -0.15) is 0 Å². The molecule has 1 aromatic carbocycles. The Morgan fingerprint density at radius 3 is 2.67 bits per heavy atom. The fourth-order valence-electron chi connectivity index (χ4n) is 3.72. The van der Waals surface area contributed by atoms with Gasteiger partial charge in [-0.25, -0.2) is 4.98 Å². The Balaban J connectivity index is 1.26. The van der Waals surface area contributed by atoms with Gasteiger partial charge in [0.1, 0.15) is 11.6 Å². The van der Waals surface area contributed by atoms with Gasteiger partial charge in [0.15, 0.2) is 0 Å². The highest BCUT2D eigenvalue weighted by Crippen LogP contribution is 2.46. The van der Waals surface area contributed by atoms with Crippen molar-refractivity contribution in [2.24, 2.45) is 5.41 Å². The van der Waals surface area contributed by atoms with Crippen molar-refractivity contribution in [2.75, 3.05) is 51.3 Å². The lowest BCUT2D eigenvalue weighted by atomic mass is 10.1. The van der Waals surface area contributed by atoms with Crippen LogP contribution in [0.1, 0.15) is 18.4 Å². The number of hydrogen-bond acceptors (Lipinski definition) is 6. The lowest BCUT2D eigenvalue weighted by molar-refractivity contribution is 0.154. The second-order valence-electron chi connectivity index (χ2n) is 7.70. The van der Waals surface area contributed by atoms with Crippen LogP contribution in [0.3, 0.4) is 0 Å². The zero-order valence-electron chi connectivity index (χ0n) is 16.0. The minimum Gasteiger partial charge on any atom is -0.493 e. The Morgan fingerprint density at radius 1 is 1.11 bits per heavy atom. The summed E-state index contributed by atoms with van der Waals surface area (Å²) in [7, 11) is 1.72. The molecule has 2 fully saturated rings. The van der Waals surface area contributed by atoms with E-state index in [2.05, 4.69) is 31.9 Å². The number of anilines is 1. The minimum absolute atomic E-state index is 0.325. The average molecular weight is 368 g/mol. The monoisotopic (exact) mass is 368 g/mol. The molecule has 6 heteroatoms. The van der Waals surface area contributed by atoms with E-state index < -0.39 is 0 Å². The van der Waals surface area contributed by atoms with E-state index in [4.69, 9.17) is 9.47 Å². The molecule has 0 radical (unpaired) electrons. The molecule has 2 aromatic rings. The number of ether oxygens (including phenoxy) is 2. The largest absolute Gasteiger partial charge is 0.493 e. The zero-order valence-corrected chi connectivity index (χ0v) is 16.0. The maximum absolute atomic E-state index is 6.14. The fraction of sp³-hybridized carbons (Fsp3) is 0.524. The molecule has 0 atom stereocenters. The lowest BCUT2D eigenvalue weighted by Crippen LogP contribution is -2.49. The summed E-state index contributed by atoms with van der Waals surface area (Å²) in [4.78, 5) is 13.5. The second-order valence-corrected chi connectivity index (χ2v) is 7.70. The van der Waals surface area contributed by atoms with Gasteiger partial charge in [-0.05, 0) is 30.5 Å². The summed E-state index contributed by atoms with van der Waals surface area (Å²) >= 11 is 0. The predicted molar refractivity (Wildman–Crippen MR) is 105 cm³/mol. The lowest BCUT2D eigenvalue weighted by Gasteiger charge is -2.37. The number of benzene rings is 1. The highest BCUT2D eigenvalue weighted by Gasteiger charge is 2.45. The maximum atomic E-state index is 6.14. The number of piperazine rings is 1. The maximum Gasteiger partial charge on any atom is 0.147 e. The van der Waals surface area contributed by atoms with Crippen molar-refractivity contribution >= 4 is 5.82 Å². The van der Waals surface area contributed by atoms with Crippen molar-refractivity contribution in [1.82, 2.24) is 14.9 Å². The second kappa shape index (κ2) is 8.23. The molecule has 1 saturated heterocycles. The number of nitrogens with zero attached hydrogens (tertiary/aromatic N) is 4. The van der Waals surface area contributed by atoms with Crippen LogP contribution in [0.4, 0.5) is 5.82 Å². The molecule has 6 nitrogen and oxygen atoms in total. The van der Waals surface area contributed by atoms with E-state index in [1.54, 1.807) is 19.5 Å². The average Bonchev–Trinajstić information content (AvgIpc) is 3.48. The number of rotatable bonds is 8. The van der Waals surface area contributed by atoms with E-state index in [1.165, 1.54) is 12.8 Å². The van der Waals surface area contributed by atoms with Gasteiger partial charge in [0, 0.05) is 57.6 Å². The molecule has 0 unspecified atom stereocenters. The molecule has 1 aliphatic heterocycles.